The molecule has 0 saturated carbocycles. The molecule has 2 saturated heterocycles. The van der Waals surface area contributed by atoms with Crippen LogP contribution in [0.4, 0.5) is 0 Å². The number of nitrogens with one attached hydrogen (secondary N) is 1. The second kappa shape index (κ2) is 4.40. The third-order valence-corrected chi connectivity index (χ3v) is 3.18. The average Bonchev–Trinajstić information content (AvgIpc) is 2.43. The largest absolute Gasteiger partial charge is 0.377 e. The van der Waals surface area contributed by atoms with E-state index in [1.807, 2.05) is 0 Å². The molecular formula is C10H20N2O. The quantitative estimate of drug-likeness (QED) is 0.641. The van der Waals surface area contributed by atoms with Crippen molar-refractivity contribution in [3.63, 3.8) is 0 Å². The highest BCUT2D eigenvalue weighted by Crippen LogP contribution is 2.19. The minimum Gasteiger partial charge on any atom is -0.377 e. The Kier molecular flexibility index (Phi) is 3.19. The molecule has 0 bridgehead atoms. The predicted molar refractivity (Wildman–Crippen MR) is 52.9 cm³/mol. The van der Waals surface area contributed by atoms with E-state index in [9.17, 15) is 0 Å². The van der Waals surface area contributed by atoms with Gasteiger partial charge >= 0.3 is 0 Å². The van der Waals surface area contributed by atoms with Gasteiger partial charge in [0.1, 0.15) is 0 Å². The van der Waals surface area contributed by atoms with Gasteiger partial charge in [-0.05, 0) is 32.9 Å². The molecule has 0 aliphatic carbocycles. The molecular weight excluding hydrogens is 164 g/mol. The Morgan fingerprint density at radius 2 is 2.23 bits per heavy atom. The molecule has 0 radical (unpaired) electrons. The van der Waals surface area contributed by atoms with Gasteiger partial charge in [0.15, 0.2) is 0 Å². The van der Waals surface area contributed by atoms with Gasteiger partial charge in [-0.3, -0.25) is 4.90 Å². The normalized spacial score (nSPS) is 37.6. The van der Waals surface area contributed by atoms with Gasteiger partial charge in [0.25, 0.3) is 0 Å². The monoisotopic (exact) mass is 184 g/mol. The van der Waals surface area contributed by atoms with Gasteiger partial charge < -0.3 is 10.1 Å². The first kappa shape index (κ1) is 9.44. The fourth-order valence-corrected chi connectivity index (χ4v) is 2.40. The van der Waals surface area contributed by atoms with Crippen LogP contribution in [0.2, 0.25) is 0 Å². The number of nitrogens with zero attached hydrogens (tertiary/aromatic N) is 1. The second-order valence-electron chi connectivity index (χ2n) is 4.07. The van der Waals surface area contributed by atoms with Crippen molar-refractivity contribution in [1.29, 1.82) is 0 Å². The molecule has 2 fully saturated rings. The number of rotatable bonds is 1. The Balaban J connectivity index is 1.89. The lowest BCUT2D eigenvalue weighted by Crippen LogP contribution is -2.41. The van der Waals surface area contributed by atoms with Crippen molar-refractivity contribution in [3.05, 3.63) is 0 Å². The highest BCUT2D eigenvalue weighted by molar-refractivity contribution is 4.83. The summed E-state index contributed by atoms with van der Waals surface area (Å²) in [4.78, 5) is 2.59. The lowest BCUT2D eigenvalue weighted by molar-refractivity contribution is 0.0766. The Morgan fingerprint density at radius 3 is 3.00 bits per heavy atom. The summed E-state index contributed by atoms with van der Waals surface area (Å²) in [6, 6.07) is 0.680. The van der Waals surface area contributed by atoms with Crippen LogP contribution in [0.15, 0.2) is 0 Å². The van der Waals surface area contributed by atoms with Gasteiger partial charge in [0.2, 0.25) is 0 Å². The molecule has 3 heteroatoms. The van der Waals surface area contributed by atoms with Gasteiger partial charge in [0, 0.05) is 25.7 Å². The molecule has 1 N–H and O–H groups in total. The maximum absolute atomic E-state index is 5.60. The van der Waals surface area contributed by atoms with Crippen LogP contribution >= 0.6 is 0 Å². The standard InChI is InChI=1S/C10H20N2O/c1-9-10(3-8-13-9)12-6-2-4-11-5-7-12/h9-11H,2-8H2,1H3. The lowest BCUT2D eigenvalue weighted by atomic mass is 10.1. The van der Waals surface area contributed by atoms with Crippen LogP contribution in [-0.2, 0) is 4.74 Å². The van der Waals surface area contributed by atoms with Crippen molar-refractivity contribution >= 4 is 0 Å². The maximum Gasteiger partial charge on any atom is 0.0703 e. The Labute approximate surface area is 80.4 Å². The molecule has 2 unspecified atom stereocenters. The summed E-state index contributed by atoms with van der Waals surface area (Å²) in [5.41, 5.74) is 0. The second-order valence-corrected chi connectivity index (χ2v) is 4.07. The van der Waals surface area contributed by atoms with E-state index in [2.05, 4.69) is 17.1 Å². The van der Waals surface area contributed by atoms with E-state index >= 15 is 0 Å². The molecule has 0 aromatic rings. The topological polar surface area (TPSA) is 24.5 Å². The highest BCUT2D eigenvalue weighted by atomic mass is 16.5. The van der Waals surface area contributed by atoms with E-state index in [4.69, 9.17) is 4.74 Å². The molecule has 13 heavy (non-hydrogen) atoms. The fourth-order valence-electron chi connectivity index (χ4n) is 2.40. The zero-order valence-corrected chi connectivity index (χ0v) is 8.46. The fraction of sp³-hybridized carbons (Fsp3) is 1.00. The van der Waals surface area contributed by atoms with E-state index in [0.29, 0.717) is 12.1 Å². The Hall–Kier alpha value is -0.120. The Bertz CT molecular complexity index is 155. The van der Waals surface area contributed by atoms with E-state index in [1.165, 1.54) is 32.5 Å². The maximum atomic E-state index is 5.60. The molecule has 2 atom stereocenters. The summed E-state index contributed by atoms with van der Waals surface area (Å²) in [6.45, 7) is 7.91. The van der Waals surface area contributed by atoms with Crippen LogP contribution < -0.4 is 5.32 Å². The summed E-state index contributed by atoms with van der Waals surface area (Å²) in [7, 11) is 0. The van der Waals surface area contributed by atoms with Crippen molar-refractivity contribution in [2.75, 3.05) is 32.8 Å². The van der Waals surface area contributed by atoms with Crippen LogP contribution in [0.5, 0.6) is 0 Å². The molecule has 2 rings (SSSR count). The van der Waals surface area contributed by atoms with Crippen LogP contribution in [-0.4, -0.2) is 49.8 Å². The average molecular weight is 184 g/mol. The van der Waals surface area contributed by atoms with Gasteiger partial charge in [0.05, 0.1) is 6.10 Å². The summed E-state index contributed by atoms with van der Waals surface area (Å²) in [5, 5.41) is 3.43. The van der Waals surface area contributed by atoms with Gasteiger partial charge in [-0.2, -0.15) is 0 Å². The molecule has 0 aromatic heterocycles. The third kappa shape index (κ3) is 2.22. The van der Waals surface area contributed by atoms with E-state index < -0.39 is 0 Å². The molecule has 0 amide bonds. The SMILES string of the molecule is CC1OCCC1N1CCCNCC1. The molecule has 0 spiro atoms. The van der Waals surface area contributed by atoms with Crippen molar-refractivity contribution in [1.82, 2.24) is 10.2 Å². The zero-order valence-electron chi connectivity index (χ0n) is 8.46. The van der Waals surface area contributed by atoms with Gasteiger partial charge in [-0.15, -0.1) is 0 Å². The number of hydrogen-bond acceptors (Lipinski definition) is 3. The van der Waals surface area contributed by atoms with Crippen molar-refractivity contribution in [2.24, 2.45) is 0 Å². The Morgan fingerprint density at radius 1 is 1.31 bits per heavy atom. The van der Waals surface area contributed by atoms with Crippen LogP contribution in [0.1, 0.15) is 19.8 Å². The molecule has 2 aliphatic heterocycles. The van der Waals surface area contributed by atoms with Crippen molar-refractivity contribution < 1.29 is 4.74 Å². The van der Waals surface area contributed by atoms with Gasteiger partial charge in [-0.1, -0.05) is 0 Å². The van der Waals surface area contributed by atoms with Crippen LogP contribution in [0.25, 0.3) is 0 Å². The first-order chi connectivity index (χ1) is 6.38. The summed E-state index contributed by atoms with van der Waals surface area (Å²) >= 11 is 0. The number of hydrogen-bond donors (Lipinski definition) is 1. The first-order valence-electron chi connectivity index (χ1n) is 5.44. The number of ether oxygens (including phenoxy) is 1. The third-order valence-electron chi connectivity index (χ3n) is 3.18. The molecule has 2 heterocycles. The smallest absolute Gasteiger partial charge is 0.0703 e. The summed E-state index contributed by atoms with van der Waals surface area (Å²) in [5.74, 6) is 0. The molecule has 76 valence electrons. The minimum atomic E-state index is 0.443. The molecule has 3 nitrogen and oxygen atoms in total. The van der Waals surface area contributed by atoms with Crippen LogP contribution in [0, 0.1) is 0 Å². The minimum absolute atomic E-state index is 0.443. The van der Waals surface area contributed by atoms with Crippen LogP contribution in [0.3, 0.4) is 0 Å². The van der Waals surface area contributed by atoms with E-state index in [1.54, 1.807) is 0 Å². The van der Waals surface area contributed by atoms with Gasteiger partial charge in [-0.25, -0.2) is 0 Å². The highest BCUT2D eigenvalue weighted by Gasteiger charge is 2.29. The van der Waals surface area contributed by atoms with E-state index in [-0.39, 0.29) is 0 Å². The summed E-state index contributed by atoms with van der Waals surface area (Å²) < 4.78 is 5.60. The summed E-state index contributed by atoms with van der Waals surface area (Å²) in [6.07, 6.45) is 2.95. The predicted octanol–water partition coefficient (Wildman–Crippen LogP) is 0.459. The zero-order chi connectivity index (χ0) is 9.10. The van der Waals surface area contributed by atoms with Crippen molar-refractivity contribution in [2.45, 2.75) is 31.9 Å². The lowest BCUT2D eigenvalue weighted by Gasteiger charge is -2.28. The molecule has 2 aliphatic rings. The first-order valence-corrected chi connectivity index (χ1v) is 5.44. The van der Waals surface area contributed by atoms with E-state index in [0.717, 1.165) is 13.2 Å². The van der Waals surface area contributed by atoms with Crippen molar-refractivity contribution in [3.8, 4) is 0 Å². The molecule has 0 aromatic carbocycles.